The number of hydrogen-bond acceptors (Lipinski definition) is 4. The maximum Gasteiger partial charge on any atom is 0.118 e. The van der Waals surface area contributed by atoms with Crippen molar-refractivity contribution in [3.8, 4) is 5.75 Å². The highest BCUT2D eigenvalue weighted by molar-refractivity contribution is 5.27. The predicted octanol–water partition coefficient (Wildman–Crippen LogP) is 4.44. The third kappa shape index (κ3) is 4.54. The van der Waals surface area contributed by atoms with Gasteiger partial charge in [-0.25, -0.2) is 0 Å². The van der Waals surface area contributed by atoms with Crippen LogP contribution in [0.15, 0.2) is 30.3 Å². The molecule has 4 fully saturated rings. The molecule has 0 amide bonds. The van der Waals surface area contributed by atoms with E-state index in [0.717, 1.165) is 24.8 Å². The number of methoxy groups -OCH3 is 1. The van der Waals surface area contributed by atoms with Gasteiger partial charge < -0.3 is 10.1 Å². The van der Waals surface area contributed by atoms with Gasteiger partial charge in [-0.1, -0.05) is 31.4 Å². The number of ether oxygens (including phenoxy) is 1. The second-order valence-corrected chi connectivity index (χ2v) is 9.97. The second-order valence-electron chi connectivity index (χ2n) is 9.97. The van der Waals surface area contributed by atoms with E-state index >= 15 is 0 Å². The number of nitrogens with one attached hydrogen (secondary N) is 1. The lowest BCUT2D eigenvalue weighted by Gasteiger charge is -2.50. The molecule has 2 bridgehead atoms. The van der Waals surface area contributed by atoms with Gasteiger partial charge in [-0.05, 0) is 61.9 Å². The van der Waals surface area contributed by atoms with Crippen LogP contribution in [0.2, 0.25) is 0 Å². The maximum atomic E-state index is 5.26. The van der Waals surface area contributed by atoms with Crippen molar-refractivity contribution in [2.24, 2.45) is 13.0 Å². The lowest BCUT2D eigenvalue weighted by Crippen LogP contribution is -2.55. The first kappa shape index (κ1) is 21.0. The van der Waals surface area contributed by atoms with Gasteiger partial charge in [0.25, 0.3) is 0 Å². The van der Waals surface area contributed by atoms with Crippen LogP contribution in [0.3, 0.4) is 0 Å². The summed E-state index contributed by atoms with van der Waals surface area (Å²) in [7, 11) is 3.89. The standard InChI is InChI=1S/C26H38N4O/c1-29-26(15-25(28-29)20-6-4-3-5-7-20)24-18-30-13-12-21(24)14-22(30)17-27-16-19-8-10-23(31-2)11-9-19/h8-11,15,20-22,24,27H,3-7,12-14,16-18H2,1-2H3/t21-,22+,24-/m0/s1. The van der Waals surface area contributed by atoms with Gasteiger partial charge in [0.05, 0.1) is 12.8 Å². The molecule has 5 nitrogen and oxygen atoms in total. The Hall–Kier alpha value is -1.85. The molecule has 2 aromatic rings. The van der Waals surface area contributed by atoms with Gasteiger partial charge in [-0.2, -0.15) is 5.10 Å². The number of piperidine rings is 3. The molecule has 5 heteroatoms. The molecule has 1 N–H and O–H groups in total. The highest BCUT2D eigenvalue weighted by Crippen LogP contribution is 2.42. The van der Waals surface area contributed by atoms with E-state index in [1.807, 2.05) is 12.1 Å². The van der Waals surface area contributed by atoms with E-state index in [2.05, 4.69) is 40.1 Å². The van der Waals surface area contributed by atoms with E-state index < -0.39 is 0 Å². The van der Waals surface area contributed by atoms with Gasteiger partial charge in [-0.3, -0.25) is 9.58 Å². The fraction of sp³-hybridized carbons (Fsp3) is 0.654. The lowest BCUT2D eigenvalue weighted by atomic mass is 9.74. The normalized spacial score (nSPS) is 28.7. The van der Waals surface area contributed by atoms with Crippen LogP contribution in [0, 0.1) is 5.92 Å². The fourth-order valence-electron chi connectivity index (χ4n) is 6.26. The summed E-state index contributed by atoms with van der Waals surface area (Å²) in [6.45, 7) is 4.45. The summed E-state index contributed by atoms with van der Waals surface area (Å²) >= 11 is 0. The molecule has 3 saturated heterocycles. The van der Waals surface area contributed by atoms with Crippen LogP contribution in [0.1, 0.15) is 73.7 Å². The average Bonchev–Trinajstić information content (AvgIpc) is 3.22. The van der Waals surface area contributed by atoms with Crippen molar-refractivity contribution in [3.05, 3.63) is 47.3 Å². The molecule has 4 aliphatic rings. The van der Waals surface area contributed by atoms with Crippen LogP contribution in [-0.2, 0) is 13.6 Å². The highest BCUT2D eigenvalue weighted by atomic mass is 16.5. The number of benzene rings is 1. The third-order valence-corrected chi connectivity index (χ3v) is 8.08. The minimum absolute atomic E-state index is 0.654. The Morgan fingerprint density at radius 1 is 1.10 bits per heavy atom. The Balaban J connectivity index is 1.17. The molecule has 1 aromatic carbocycles. The maximum absolute atomic E-state index is 5.26. The van der Waals surface area contributed by atoms with Crippen molar-refractivity contribution < 1.29 is 4.74 Å². The summed E-state index contributed by atoms with van der Waals surface area (Å²) in [4.78, 5) is 2.74. The van der Waals surface area contributed by atoms with Crippen LogP contribution in [0.4, 0.5) is 0 Å². The molecule has 4 heterocycles. The van der Waals surface area contributed by atoms with E-state index in [0.29, 0.717) is 17.9 Å². The Morgan fingerprint density at radius 2 is 1.90 bits per heavy atom. The molecular weight excluding hydrogens is 384 g/mol. The molecule has 6 rings (SSSR count). The van der Waals surface area contributed by atoms with Crippen molar-refractivity contribution in [1.29, 1.82) is 0 Å². The highest BCUT2D eigenvalue weighted by Gasteiger charge is 2.41. The van der Waals surface area contributed by atoms with Crippen LogP contribution in [0.5, 0.6) is 5.75 Å². The Morgan fingerprint density at radius 3 is 2.61 bits per heavy atom. The first-order valence-corrected chi connectivity index (χ1v) is 12.3. The Bertz CT molecular complexity index is 855. The van der Waals surface area contributed by atoms with Crippen molar-refractivity contribution in [3.63, 3.8) is 0 Å². The zero-order valence-corrected chi connectivity index (χ0v) is 19.2. The van der Waals surface area contributed by atoms with Crippen molar-refractivity contribution in [2.45, 2.75) is 69.4 Å². The summed E-state index contributed by atoms with van der Waals surface area (Å²) in [5.41, 5.74) is 4.17. The largest absolute Gasteiger partial charge is 0.497 e. The molecule has 1 saturated carbocycles. The molecule has 1 aliphatic carbocycles. The number of rotatable bonds is 7. The number of aromatic nitrogens is 2. The summed E-state index contributed by atoms with van der Waals surface area (Å²) in [6.07, 6.45) is 9.47. The third-order valence-electron chi connectivity index (χ3n) is 8.08. The molecule has 168 valence electrons. The molecule has 1 unspecified atom stereocenters. The van der Waals surface area contributed by atoms with Gasteiger partial charge in [-0.15, -0.1) is 0 Å². The van der Waals surface area contributed by atoms with E-state index in [4.69, 9.17) is 9.84 Å². The first-order valence-electron chi connectivity index (χ1n) is 12.3. The van der Waals surface area contributed by atoms with Crippen LogP contribution in [0.25, 0.3) is 0 Å². The SMILES string of the molecule is COc1ccc(CNC[C@H]2C[C@@H]3CCN2C[C@@H]3c2cc(C3CCCCC3)nn2C)cc1. The monoisotopic (exact) mass is 422 g/mol. The topological polar surface area (TPSA) is 42.3 Å². The molecule has 0 radical (unpaired) electrons. The van der Waals surface area contributed by atoms with Gasteiger partial charge in [0.1, 0.15) is 5.75 Å². The molecular formula is C26H38N4O. The molecule has 31 heavy (non-hydrogen) atoms. The van der Waals surface area contributed by atoms with Crippen LogP contribution >= 0.6 is 0 Å². The van der Waals surface area contributed by atoms with Crippen molar-refractivity contribution in [2.75, 3.05) is 26.7 Å². The van der Waals surface area contributed by atoms with Gasteiger partial charge >= 0.3 is 0 Å². The lowest BCUT2D eigenvalue weighted by molar-refractivity contribution is 0.0282. The fourth-order valence-corrected chi connectivity index (χ4v) is 6.26. The van der Waals surface area contributed by atoms with Gasteiger partial charge in [0.15, 0.2) is 0 Å². The average molecular weight is 423 g/mol. The van der Waals surface area contributed by atoms with Crippen LogP contribution < -0.4 is 10.1 Å². The Kier molecular flexibility index (Phi) is 6.33. The minimum Gasteiger partial charge on any atom is -0.497 e. The van der Waals surface area contributed by atoms with E-state index in [1.165, 1.54) is 75.0 Å². The number of aryl methyl sites for hydroxylation is 1. The number of nitrogens with zero attached hydrogens (tertiary/aromatic N) is 3. The minimum atomic E-state index is 0.654. The van der Waals surface area contributed by atoms with Crippen LogP contribution in [-0.4, -0.2) is 47.5 Å². The molecule has 1 aromatic heterocycles. The van der Waals surface area contributed by atoms with Gasteiger partial charge in [0.2, 0.25) is 0 Å². The van der Waals surface area contributed by atoms with Crippen molar-refractivity contribution >= 4 is 0 Å². The molecule has 3 aliphatic heterocycles. The second kappa shape index (κ2) is 9.33. The van der Waals surface area contributed by atoms with Crippen molar-refractivity contribution in [1.82, 2.24) is 20.0 Å². The zero-order valence-electron chi connectivity index (χ0n) is 19.2. The number of hydrogen-bond donors (Lipinski definition) is 1. The predicted molar refractivity (Wildman–Crippen MR) is 125 cm³/mol. The summed E-state index contributed by atoms with van der Waals surface area (Å²) < 4.78 is 7.48. The van der Waals surface area contributed by atoms with E-state index in [9.17, 15) is 0 Å². The quantitative estimate of drug-likeness (QED) is 0.716. The summed E-state index contributed by atoms with van der Waals surface area (Å²) in [5, 5.41) is 8.69. The molecule has 4 atom stereocenters. The molecule has 0 spiro atoms. The zero-order chi connectivity index (χ0) is 21.2. The number of fused-ring (bicyclic) bond motifs is 3. The van der Waals surface area contributed by atoms with Gasteiger partial charge in [0, 0.05) is 50.3 Å². The van der Waals surface area contributed by atoms with E-state index in [-0.39, 0.29) is 0 Å². The smallest absolute Gasteiger partial charge is 0.118 e. The Labute approximate surface area is 187 Å². The first-order chi connectivity index (χ1) is 15.2. The summed E-state index contributed by atoms with van der Waals surface area (Å²) in [6, 6.07) is 11.5. The van der Waals surface area contributed by atoms with E-state index in [1.54, 1.807) is 7.11 Å². The summed E-state index contributed by atoms with van der Waals surface area (Å²) in [5.74, 6) is 3.07.